The molecule has 0 aliphatic carbocycles. The second-order valence-corrected chi connectivity index (χ2v) is 4.11. The summed E-state index contributed by atoms with van der Waals surface area (Å²) in [5.41, 5.74) is 0.826. The Morgan fingerprint density at radius 3 is 2.20 bits per heavy atom. The Kier molecular flexibility index (Phi) is 3.87. The second-order valence-electron chi connectivity index (χ2n) is 4.11. The number of benzene rings is 2. The predicted octanol–water partition coefficient (Wildman–Crippen LogP) is 3.44. The van der Waals surface area contributed by atoms with Crippen molar-refractivity contribution in [2.75, 3.05) is 0 Å². The molecule has 0 heterocycles. The fraction of sp³-hybridized carbons (Fsp3) is 0.0667. The summed E-state index contributed by atoms with van der Waals surface area (Å²) in [5.74, 6) is -0.360. The van der Waals surface area contributed by atoms with Crippen LogP contribution in [0.3, 0.4) is 0 Å². The third-order valence-electron chi connectivity index (χ3n) is 2.86. The minimum atomic E-state index is -0.919. The zero-order chi connectivity index (χ0) is 14.5. The van der Waals surface area contributed by atoms with E-state index < -0.39 is 11.0 Å². The van der Waals surface area contributed by atoms with Gasteiger partial charge in [0.05, 0.1) is 4.92 Å². The van der Waals surface area contributed by atoms with Crippen molar-refractivity contribution in [2.24, 2.45) is 0 Å². The van der Waals surface area contributed by atoms with E-state index in [0.717, 1.165) is 0 Å². The third kappa shape index (κ3) is 2.70. The smallest absolute Gasteiger partial charge is 0.300 e. The van der Waals surface area contributed by atoms with Crippen molar-refractivity contribution >= 4 is 11.5 Å². The van der Waals surface area contributed by atoms with Gasteiger partial charge in [0.1, 0.15) is 0 Å². The maximum Gasteiger partial charge on any atom is 0.310 e. The van der Waals surface area contributed by atoms with Crippen LogP contribution in [-0.2, 0) is 0 Å². The molecule has 0 saturated carbocycles. The van der Waals surface area contributed by atoms with Crippen LogP contribution in [0.25, 0.3) is 4.85 Å². The fourth-order valence-electron chi connectivity index (χ4n) is 1.83. The van der Waals surface area contributed by atoms with Crippen molar-refractivity contribution < 1.29 is 9.72 Å². The van der Waals surface area contributed by atoms with Crippen LogP contribution in [0.5, 0.6) is 0 Å². The maximum absolute atomic E-state index is 12.3. The molecule has 1 unspecified atom stereocenters. The van der Waals surface area contributed by atoms with Crippen LogP contribution in [0, 0.1) is 16.7 Å². The van der Waals surface area contributed by atoms with Crippen LogP contribution in [0.2, 0.25) is 0 Å². The summed E-state index contributed by atoms with van der Waals surface area (Å²) in [5, 5.41) is 10.6. The molecular formula is C15H10N2O3. The number of rotatable bonds is 4. The predicted molar refractivity (Wildman–Crippen MR) is 73.2 cm³/mol. The number of carbonyl (C=O) groups excluding carboxylic acids is 1. The summed E-state index contributed by atoms with van der Waals surface area (Å²) < 4.78 is 0. The van der Waals surface area contributed by atoms with E-state index in [4.69, 9.17) is 6.57 Å². The topological polar surface area (TPSA) is 64.6 Å². The number of hydrogen-bond acceptors (Lipinski definition) is 3. The van der Waals surface area contributed by atoms with Gasteiger partial charge in [0.2, 0.25) is 5.78 Å². The van der Waals surface area contributed by atoms with E-state index in [1.807, 2.05) is 0 Å². The van der Waals surface area contributed by atoms with Gasteiger partial charge in [0, 0.05) is 23.3 Å². The molecule has 98 valence electrons. The van der Waals surface area contributed by atoms with Gasteiger partial charge in [-0.05, 0) is 12.1 Å². The lowest BCUT2D eigenvalue weighted by atomic mass is 9.98. The Balaban J connectivity index is 2.30. The van der Waals surface area contributed by atoms with Crippen LogP contribution in [0.4, 0.5) is 5.69 Å². The second kappa shape index (κ2) is 5.76. The van der Waals surface area contributed by atoms with E-state index >= 15 is 0 Å². The fourth-order valence-corrected chi connectivity index (χ4v) is 1.83. The Labute approximate surface area is 115 Å². The number of nitro groups is 1. The number of nitro benzene ring substituents is 1. The average Bonchev–Trinajstić information content (AvgIpc) is 2.49. The van der Waals surface area contributed by atoms with Gasteiger partial charge in [-0.2, -0.15) is 0 Å². The van der Waals surface area contributed by atoms with Crippen molar-refractivity contribution in [1.82, 2.24) is 0 Å². The van der Waals surface area contributed by atoms with Gasteiger partial charge >= 0.3 is 6.04 Å². The standard InChI is InChI=1S/C15H10N2O3/c1-16-14(11-5-3-2-4-6-11)15(18)12-7-9-13(10-8-12)17(19)20/h2-10,14H. The first-order valence-electron chi connectivity index (χ1n) is 5.83. The number of non-ortho nitro benzene ring substituents is 1. The minimum absolute atomic E-state index is 0.0828. The van der Waals surface area contributed by atoms with E-state index in [1.54, 1.807) is 30.3 Å². The lowest BCUT2D eigenvalue weighted by Crippen LogP contribution is -2.09. The van der Waals surface area contributed by atoms with Gasteiger partial charge in [0.25, 0.3) is 5.69 Å². The van der Waals surface area contributed by atoms with Gasteiger partial charge in [0.15, 0.2) is 0 Å². The summed E-state index contributed by atoms with van der Waals surface area (Å²) in [4.78, 5) is 25.7. The summed E-state index contributed by atoms with van der Waals surface area (Å²) in [7, 11) is 0. The largest absolute Gasteiger partial charge is 0.310 e. The molecule has 5 heteroatoms. The molecule has 0 amide bonds. The van der Waals surface area contributed by atoms with E-state index in [0.29, 0.717) is 11.1 Å². The number of nitrogens with zero attached hydrogens (tertiary/aromatic N) is 2. The molecule has 0 bridgehead atoms. The molecule has 0 aliphatic heterocycles. The van der Waals surface area contributed by atoms with Crippen molar-refractivity contribution in [1.29, 1.82) is 0 Å². The number of Topliss-reactive ketones (excluding diaryl/α,β-unsaturated/α-hetero) is 1. The van der Waals surface area contributed by atoms with E-state index in [2.05, 4.69) is 4.85 Å². The van der Waals surface area contributed by atoms with Crippen molar-refractivity contribution in [3.63, 3.8) is 0 Å². The molecule has 2 aromatic carbocycles. The maximum atomic E-state index is 12.3. The van der Waals surface area contributed by atoms with E-state index in [-0.39, 0.29) is 11.5 Å². The molecule has 0 saturated heterocycles. The normalized spacial score (nSPS) is 11.3. The van der Waals surface area contributed by atoms with Crippen LogP contribution in [-0.4, -0.2) is 10.7 Å². The molecule has 0 spiro atoms. The lowest BCUT2D eigenvalue weighted by Gasteiger charge is -2.04. The number of ketones is 1. The molecule has 0 radical (unpaired) electrons. The summed E-state index contributed by atoms with van der Waals surface area (Å²) in [6, 6.07) is 13.1. The summed E-state index contributed by atoms with van der Waals surface area (Å²) in [6.45, 7) is 7.18. The zero-order valence-electron chi connectivity index (χ0n) is 10.4. The highest BCUT2D eigenvalue weighted by Gasteiger charge is 2.27. The highest BCUT2D eigenvalue weighted by atomic mass is 16.6. The Bertz CT molecular complexity index is 673. The van der Waals surface area contributed by atoms with Crippen LogP contribution in [0.15, 0.2) is 54.6 Å². The Hall–Kier alpha value is -3.00. The van der Waals surface area contributed by atoms with Gasteiger partial charge in [-0.25, -0.2) is 6.57 Å². The molecule has 2 aromatic rings. The van der Waals surface area contributed by atoms with Gasteiger partial charge in [-0.3, -0.25) is 19.8 Å². The molecule has 5 nitrogen and oxygen atoms in total. The van der Waals surface area contributed by atoms with Gasteiger partial charge in [-0.15, -0.1) is 0 Å². The first-order chi connectivity index (χ1) is 9.63. The molecule has 2 rings (SSSR count). The van der Waals surface area contributed by atoms with Gasteiger partial charge < -0.3 is 0 Å². The first-order valence-corrected chi connectivity index (χ1v) is 5.83. The molecule has 0 N–H and O–H groups in total. The Morgan fingerprint density at radius 1 is 1.10 bits per heavy atom. The van der Waals surface area contributed by atoms with Crippen LogP contribution in [0.1, 0.15) is 22.0 Å². The molecular weight excluding hydrogens is 256 g/mol. The Morgan fingerprint density at radius 2 is 1.70 bits per heavy atom. The first kappa shape index (κ1) is 13.4. The SMILES string of the molecule is [C-]#[N+]C(C(=O)c1ccc([N+](=O)[O-])cc1)c1ccccc1. The monoisotopic (exact) mass is 266 g/mol. The van der Waals surface area contributed by atoms with E-state index in [9.17, 15) is 14.9 Å². The zero-order valence-corrected chi connectivity index (χ0v) is 10.4. The molecule has 0 aliphatic rings. The highest BCUT2D eigenvalue weighted by molar-refractivity contribution is 6.01. The highest BCUT2D eigenvalue weighted by Crippen LogP contribution is 2.23. The molecule has 1 atom stereocenters. The number of hydrogen-bond donors (Lipinski definition) is 0. The lowest BCUT2D eigenvalue weighted by molar-refractivity contribution is -0.384. The summed E-state index contributed by atoms with van der Waals surface area (Å²) in [6.07, 6.45) is 0. The quantitative estimate of drug-likeness (QED) is 0.368. The summed E-state index contributed by atoms with van der Waals surface area (Å²) >= 11 is 0. The van der Waals surface area contributed by atoms with Crippen molar-refractivity contribution in [2.45, 2.75) is 6.04 Å². The van der Waals surface area contributed by atoms with Gasteiger partial charge in [-0.1, -0.05) is 30.3 Å². The number of carbonyl (C=O) groups is 1. The molecule has 20 heavy (non-hydrogen) atoms. The van der Waals surface area contributed by atoms with Crippen LogP contribution >= 0.6 is 0 Å². The van der Waals surface area contributed by atoms with Crippen LogP contribution < -0.4 is 0 Å². The average molecular weight is 266 g/mol. The third-order valence-corrected chi connectivity index (χ3v) is 2.86. The van der Waals surface area contributed by atoms with Crippen molar-refractivity contribution in [3.8, 4) is 0 Å². The molecule has 0 fully saturated rings. The van der Waals surface area contributed by atoms with E-state index in [1.165, 1.54) is 24.3 Å². The molecule has 0 aromatic heterocycles. The van der Waals surface area contributed by atoms with Crippen molar-refractivity contribution in [3.05, 3.63) is 87.3 Å². The minimum Gasteiger partial charge on any atom is -0.300 e.